The Labute approximate surface area is 140 Å². The van der Waals surface area contributed by atoms with Crippen molar-refractivity contribution in [3.8, 4) is 0 Å². The van der Waals surface area contributed by atoms with Crippen molar-refractivity contribution < 1.29 is 9.53 Å². The van der Waals surface area contributed by atoms with E-state index in [-0.39, 0.29) is 11.8 Å². The number of rotatable bonds is 3. The number of fused-ring (bicyclic) bond motifs is 1. The molecule has 1 aliphatic heterocycles. The van der Waals surface area contributed by atoms with Gasteiger partial charge in [-0.05, 0) is 12.8 Å². The van der Waals surface area contributed by atoms with Crippen molar-refractivity contribution in [3.63, 3.8) is 0 Å². The molecule has 2 N–H and O–H groups in total. The number of aromatic amines is 1. The van der Waals surface area contributed by atoms with Crippen LogP contribution in [0, 0.1) is 5.92 Å². The quantitative estimate of drug-likeness (QED) is 0.889. The lowest BCUT2D eigenvalue weighted by atomic mass is 9.89. The molecular formula is C16H22N6O2. The molecule has 8 nitrogen and oxygen atoms in total. The van der Waals surface area contributed by atoms with Crippen LogP contribution in [0.5, 0.6) is 0 Å². The molecule has 0 bridgehead atoms. The Bertz CT molecular complexity index is 718. The number of imidazole rings is 1. The maximum Gasteiger partial charge on any atom is 0.233 e. The Morgan fingerprint density at radius 3 is 2.79 bits per heavy atom. The molecule has 24 heavy (non-hydrogen) atoms. The van der Waals surface area contributed by atoms with E-state index in [4.69, 9.17) is 4.74 Å². The number of aromatic nitrogens is 4. The Morgan fingerprint density at radius 2 is 2.00 bits per heavy atom. The van der Waals surface area contributed by atoms with Gasteiger partial charge in [-0.2, -0.15) is 9.97 Å². The summed E-state index contributed by atoms with van der Waals surface area (Å²) in [4.78, 5) is 30.9. The molecule has 1 aliphatic carbocycles. The molecule has 2 aromatic rings. The number of amides is 1. The molecule has 2 aromatic heterocycles. The molecule has 0 radical (unpaired) electrons. The number of hydrogen-bond donors (Lipinski definition) is 2. The van der Waals surface area contributed by atoms with Gasteiger partial charge in [0.25, 0.3) is 0 Å². The van der Waals surface area contributed by atoms with Gasteiger partial charge in [0, 0.05) is 19.0 Å². The number of anilines is 2. The molecule has 2 aliphatic rings. The minimum Gasteiger partial charge on any atom is -0.378 e. The Morgan fingerprint density at radius 1 is 1.21 bits per heavy atom. The zero-order valence-corrected chi connectivity index (χ0v) is 13.6. The standard InChI is InChI=1S/C16H22N6O2/c23-15(11-4-2-1-3-5-11)21-16-19-13-12(17-10-18-13)14(20-16)22-6-8-24-9-7-22/h10-11H,1-9H2,(H2,17,18,19,20,21,23). The first-order chi connectivity index (χ1) is 11.8. The Kier molecular flexibility index (Phi) is 4.29. The van der Waals surface area contributed by atoms with E-state index in [1.165, 1.54) is 6.42 Å². The summed E-state index contributed by atoms with van der Waals surface area (Å²) in [6, 6.07) is 0. The van der Waals surface area contributed by atoms with Gasteiger partial charge in [-0.25, -0.2) is 4.98 Å². The second kappa shape index (κ2) is 6.72. The Hall–Kier alpha value is -2.22. The van der Waals surface area contributed by atoms with Crippen LogP contribution in [0.4, 0.5) is 11.8 Å². The highest BCUT2D eigenvalue weighted by molar-refractivity contribution is 5.93. The fourth-order valence-corrected chi connectivity index (χ4v) is 3.45. The van der Waals surface area contributed by atoms with Crippen LogP contribution in [0.1, 0.15) is 32.1 Å². The van der Waals surface area contributed by atoms with Gasteiger partial charge in [0.15, 0.2) is 11.5 Å². The van der Waals surface area contributed by atoms with Crippen LogP contribution in [0.15, 0.2) is 6.33 Å². The maximum absolute atomic E-state index is 12.5. The number of morpholine rings is 1. The summed E-state index contributed by atoms with van der Waals surface area (Å²) in [6.07, 6.45) is 6.98. The van der Waals surface area contributed by atoms with Gasteiger partial charge in [0.1, 0.15) is 5.52 Å². The van der Waals surface area contributed by atoms with Gasteiger partial charge in [-0.15, -0.1) is 0 Å². The van der Waals surface area contributed by atoms with Gasteiger partial charge in [0.05, 0.1) is 19.5 Å². The molecular weight excluding hydrogens is 308 g/mol. The third-order valence-corrected chi connectivity index (χ3v) is 4.79. The minimum atomic E-state index is 0.0255. The summed E-state index contributed by atoms with van der Waals surface area (Å²) >= 11 is 0. The summed E-state index contributed by atoms with van der Waals surface area (Å²) in [6.45, 7) is 2.87. The Balaban J connectivity index is 1.59. The number of carbonyl (C=O) groups is 1. The van der Waals surface area contributed by atoms with E-state index in [1.807, 2.05) is 0 Å². The molecule has 3 heterocycles. The van der Waals surface area contributed by atoms with Crippen molar-refractivity contribution in [1.82, 2.24) is 19.9 Å². The highest BCUT2D eigenvalue weighted by Crippen LogP contribution is 2.26. The topological polar surface area (TPSA) is 96.0 Å². The molecule has 4 rings (SSSR count). The van der Waals surface area contributed by atoms with E-state index >= 15 is 0 Å². The lowest BCUT2D eigenvalue weighted by molar-refractivity contribution is -0.120. The highest BCUT2D eigenvalue weighted by Gasteiger charge is 2.23. The van der Waals surface area contributed by atoms with Crippen molar-refractivity contribution in [3.05, 3.63) is 6.33 Å². The maximum atomic E-state index is 12.5. The number of carbonyl (C=O) groups excluding carboxylic acids is 1. The average Bonchev–Trinajstić information content (AvgIpc) is 3.11. The molecule has 8 heteroatoms. The predicted octanol–water partition coefficient (Wildman–Crippen LogP) is 1.71. The molecule has 2 fully saturated rings. The number of nitrogens with one attached hydrogen (secondary N) is 2. The largest absolute Gasteiger partial charge is 0.378 e. The van der Waals surface area contributed by atoms with Crippen molar-refractivity contribution in [2.24, 2.45) is 5.92 Å². The van der Waals surface area contributed by atoms with Crippen molar-refractivity contribution in [2.75, 3.05) is 36.5 Å². The third kappa shape index (κ3) is 3.06. The SMILES string of the molecule is O=C(Nc1nc(N2CCOCC2)c2[nH]cnc2n1)C1CCCCC1. The fraction of sp³-hybridized carbons (Fsp3) is 0.625. The van der Waals surface area contributed by atoms with Gasteiger partial charge in [-0.3, -0.25) is 10.1 Å². The number of ether oxygens (including phenoxy) is 1. The van der Waals surface area contributed by atoms with Crippen LogP contribution in [0.2, 0.25) is 0 Å². The second-order valence-corrected chi connectivity index (χ2v) is 6.40. The van der Waals surface area contributed by atoms with E-state index < -0.39 is 0 Å². The lowest BCUT2D eigenvalue weighted by Gasteiger charge is -2.28. The first kappa shape index (κ1) is 15.3. The van der Waals surface area contributed by atoms with Crippen LogP contribution < -0.4 is 10.2 Å². The monoisotopic (exact) mass is 330 g/mol. The van der Waals surface area contributed by atoms with Crippen LogP contribution in [-0.4, -0.2) is 52.1 Å². The summed E-state index contributed by atoms with van der Waals surface area (Å²) < 4.78 is 5.41. The second-order valence-electron chi connectivity index (χ2n) is 6.40. The minimum absolute atomic E-state index is 0.0255. The highest BCUT2D eigenvalue weighted by atomic mass is 16.5. The summed E-state index contributed by atoms with van der Waals surface area (Å²) in [5.41, 5.74) is 1.37. The van der Waals surface area contributed by atoms with Crippen molar-refractivity contribution in [2.45, 2.75) is 32.1 Å². The summed E-state index contributed by atoms with van der Waals surface area (Å²) in [5.74, 6) is 1.22. The zero-order valence-electron chi connectivity index (χ0n) is 13.6. The zero-order chi connectivity index (χ0) is 16.4. The van der Waals surface area contributed by atoms with E-state index in [0.29, 0.717) is 24.8 Å². The van der Waals surface area contributed by atoms with E-state index in [0.717, 1.165) is 50.1 Å². The molecule has 1 saturated heterocycles. The van der Waals surface area contributed by atoms with Gasteiger partial charge in [-0.1, -0.05) is 19.3 Å². The molecule has 0 aromatic carbocycles. The molecule has 0 spiro atoms. The normalized spacial score (nSPS) is 19.6. The molecule has 128 valence electrons. The van der Waals surface area contributed by atoms with Gasteiger partial charge in [0.2, 0.25) is 11.9 Å². The van der Waals surface area contributed by atoms with E-state index in [9.17, 15) is 4.79 Å². The van der Waals surface area contributed by atoms with Crippen LogP contribution in [-0.2, 0) is 9.53 Å². The molecule has 1 saturated carbocycles. The average molecular weight is 330 g/mol. The number of H-pyrrole nitrogens is 1. The summed E-state index contributed by atoms with van der Waals surface area (Å²) in [7, 11) is 0. The van der Waals surface area contributed by atoms with E-state index in [1.54, 1.807) is 6.33 Å². The van der Waals surface area contributed by atoms with Gasteiger partial charge >= 0.3 is 0 Å². The first-order valence-corrected chi connectivity index (χ1v) is 8.66. The molecule has 0 atom stereocenters. The number of nitrogens with zero attached hydrogens (tertiary/aromatic N) is 4. The van der Waals surface area contributed by atoms with E-state index in [2.05, 4.69) is 30.2 Å². The first-order valence-electron chi connectivity index (χ1n) is 8.66. The van der Waals surface area contributed by atoms with Gasteiger partial charge < -0.3 is 14.6 Å². The lowest BCUT2D eigenvalue weighted by Crippen LogP contribution is -2.37. The molecule has 1 amide bonds. The van der Waals surface area contributed by atoms with Crippen LogP contribution in [0.3, 0.4) is 0 Å². The predicted molar refractivity (Wildman–Crippen MR) is 89.9 cm³/mol. The van der Waals surface area contributed by atoms with Crippen LogP contribution in [0.25, 0.3) is 11.2 Å². The van der Waals surface area contributed by atoms with Crippen LogP contribution >= 0.6 is 0 Å². The smallest absolute Gasteiger partial charge is 0.233 e. The fourth-order valence-electron chi connectivity index (χ4n) is 3.45. The number of hydrogen-bond acceptors (Lipinski definition) is 6. The summed E-state index contributed by atoms with van der Waals surface area (Å²) in [5, 5.41) is 2.90. The van der Waals surface area contributed by atoms with Crippen molar-refractivity contribution in [1.29, 1.82) is 0 Å². The van der Waals surface area contributed by atoms with Crippen molar-refractivity contribution >= 4 is 28.8 Å². The molecule has 0 unspecified atom stereocenters. The third-order valence-electron chi connectivity index (χ3n) is 4.79.